The molecule has 3 rings (SSSR count). The number of hydrogen-bond donors (Lipinski definition) is 1. The molecular weight excluding hydrogens is 368 g/mol. The summed E-state index contributed by atoms with van der Waals surface area (Å²) < 4.78 is 52.4. The first kappa shape index (κ1) is 18.3. The molecule has 0 saturated carbocycles. The van der Waals surface area contributed by atoms with Gasteiger partial charge in [-0.1, -0.05) is 0 Å². The van der Waals surface area contributed by atoms with E-state index in [4.69, 9.17) is 0 Å². The molecule has 0 spiro atoms. The lowest BCUT2D eigenvalue weighted by Gasteiger charge is -2.22. The Morgan fingerprint density at radius 1 is 1.08 bits per heavy atom. The van der Waals surface area contributed by atoms with Crippen LogP contribution in [0.15, 0.2) is 34.1 Å². The zero-order chi connectivity index (χ0) is 18.6. The third-order valence-electron chi connectivity index (χ3n) is 4.97. The van der Waals surface area contributed by atoms with Gasteiger partial charge in [-0.3, -0.25) is 4.79 Å². The van der Waals surface area contributed by atoms with Crippen molar-refractivity contribution in [2.45, 2.75) is 41.1 Å². The van der Waals surface area contributed by atoms with Crippen LogP contribution in [0.3, 0.4) is 0 Å². The van der Waals surface area contributed by atoms with Crippen LogP contribution >= 0.6 is 0 Å². The van der Waals surface area contributed by atoms with Crippen molar-refractivity contribution in [3.8, 4) is 0 Å². The molecule has 0 aromatic heterocycles. The fourth-order valence-corrected chi connectivity index (χ4v) is 6.51. The van der Waals surface area contributed by atoms with Gasteiger partial charge in [-0.25, -0.2) is 21.1 Å². The summed E-state index contributed by atoms with van der Waals surface area (Å²) in [6.45, 7) is 0. The van der Waals surface area contributed by atoms with E-state index >= 15 is 0 Å². The Bertz CT molecular complexity index is 892. The number of aliphatic carboxylic acids is 1. The van der Waals surface area contributed by atoms with Crippen LogP contribution in [0.25, 0.3) is 0 Å². The molecule has 1 aromatic carbocycles. The predicted octanol–water partition coefficient (Wildman–Crippen LogP) is 0.563. The molecule has 0 amide bonds. The molecule has 2 aliphatic rings. The topological polar surface area (TPSA) is 112 Å². The van der Waals surface area contributed by atoms with Gasteiger partial charge in [0.25, 0.3) is 0 Å². The van der Waals surface area contributed by atoms with Gasteiger partial charge in [-0.05, 0) is 43.5 Å². The first-order chi connectivity index (χ1) is 11.6. The van der Waals surface area contributed by atoms with Crippen LogP contribution in [0.4, 0.5) is 0 Å². The number of carbonyl (C=O) groups is 1. The lowest BCUT2D eigenvalue weighted by Crippen LogP contribution is -2.37. The van der Waals surface area contributed by atoms with E-state index in [1.165, 1.54) is 42.7 Å². The van der Waals surface area contributed by atoms with Crippen molar-refractivity contribution in [1.82, 2.24) is 8.61 Å². The lowest BCUT2D eigenvalue weighted by molar-refractivity contribution is -0.142. The van der Waals surface area contributed by atoms with Crippen molar-refractivity contribution in [2.75, 3.05) is 14.1 Å². The molecule has 10 heteroatoms. The summed E-state index contributed by atoms with van der Waals surface area (Å²) in [5, 5.41) is 9.27. The summed E-state index contributed by atoms with van der Waals surface area (Å²) in [5.74, 6) is -1.65. The molecule has 1 N–H and O–H groups in total. The van der Waals surface area contributed by atoms with Gasteiger partial charge >= 0.3 is 5.97 Å². The Morgan fingerprint density at radius 2 is 1.64 bits per heavy atom. The molecule has 2 fully saturated rings. The minimum Gasteiger partial charge on any atom is -0.481 e. The quantitative estimate of drug-likeness (QED) is 0.789. The molecule has 0 radical (unpaired) electrons. The second-order valence-corrected chi connectivity index (χ2v) is 10.6. The van der Waals surface area contributed by atoms with Gasteiger partial charge in [0.05, 0.1) is 15.7 Å². The van der Waals surface area contributed by atoms with Crippen LogP contribution in [0.1, 0.15) is 19.3 Å². The van der Waals surface area contributed by atoms with Gasteiger partial charge in [0, 0.05) is 26.2 Å². The normalized spacial score (nSPS) is 27.1. The van der Waals surface area contributed by atoms with E-state index in [2.05, 4.69) is 0 Å². The number of fused-ring (bicyclic) bond motifs is 2. The van der Waals surface area contributed by atoms with Crippen LogP contribution in [-0.2, 0) is 24.8 Å². The second kappa shape index (κ2) is 6.04. The average Bonchev–Trinajstić information content (AvgIpc) is 3.13. The minimum atomic E-state index is -3.86. The van der Waals surface area contributed by atoms with Crippen molar-refractivity contribution < 1.29 is 26.7 Å². The average molecular weight is 388 g/mol. The van der Waals surface area contributed by atoms with Gasteiger partial charge in [0.15, 0.2) is 0 Å². The SMILES string of the molecule is CN(C)S(=O)(=O)c1ccc(S(=O)(=O)N2C3CCC2C(C(=O)O)C3)cc1. The first-order valence-electron chi connectivity index (χ1n) is 7.85. The molecule has 3 unspecified atom stereocenters. The maximum atomic E-state index is 12.9. The van der Waals surface area contributed by atoms with E-state index < -0.39 is 38.0 Å². The highest BCUT2D eigenvalue weighted by Gasteiger charge is 2.54. The van der Waals surface area contributed by atoms with E-state index in [1.807, 2.05) is 0 Å². The Hall–Kier alpha value is -1.49. The Balaban J connectivity index is 1.93. The van der Waals surface area contributed by atoms with E-state index in [1.54, 1.807) is 0 Å². The maximum Gasteiger partial charge on any atom is 0.308 e. The molecule has 3 atom stereocenters. The van der Waals surface area contributed by atoms with Crippen LogP contribution in [-0.4, -0.2) is 62.7 Å². The van der Waals surface area contributed by atoms with E-state index in [0.29, 0.717) is 19.3 Å². The Kier molecular flexibility index (Phi) is 4.43. The fourth-order valence-electron chi connectivity index (χ4n) is 3.69. The smallest absolute Gasteiger partial charge is 0.308 e. The second-order valence-electron chi connectivity index (χ2n) is 6.57. The summed E-state index contributed by atoms with van der Waals surface area (Å²) in [4.78, 5) is 11.3. The van der Waals surface area contributed by atoms with E-state index in [0.717, 1.165) is 4.31 Å². The molecule has 2 heterocycles. The van der Waals surface area contributed by atoms with Crippen LogP contribution in [0.2, 0.25) is 0 Å². The Labute approximate surface area is 147 Å². The number of benzene rings is 1. The number of nitrogens with zero attached hydrogens (tertiary/aromatic N) is 2. The number of sulfonamides is 2. The molecule has 0 aliphatic carbocycles. The predicted molar refractivity (Wildman–Crippen MR) is 88.9 cm³/mol. The van der Waals surface area contributed by atoms with Gasteiger partial charge in [-0.2, -0.15) is 4.31 Å². The molecule has 138 valence electrons. The summed E-state index contributed by atoms with van der Waals surface area (Å²) in [7, 11) is -4.71. The number of hydrogen-bond acceptors (Lipinski definition) is 5. The van der Waals surface area contributed by atoms with Crippen molar-refractivity contribution >= 4 is 26.0 Å². The monoisotopic (exact) mass is 388 g/mol. The van der Waals surface area contributed by atoms with Crippen molar-refractivity contribution in [3.63, 3.8) is 0 Å². The van der Waals surface area contributed by atoms with Crippen LogP contribution in [0.5, 0.6) is 0 Å². The number of carboxylic acids is 1. The van der Waals surface area contributed by atoms with Gasteiger partial charge in [-0.15, -0.1) is 0 Å². The highest BCUT2D eigenvalue weighted by molar-refractivity contribution is 7.89. The summed E-state index contributed by atoms with van der Waals surface area (Å²) in [6, 6.07) is 4.21. The number of carboxylic acid groups (broad SMARTS) is 1. The summed E-state index contributed by atoms with van der Waals surface area (Å²) >= 11 is 0. The van der Waals surface area contributed by atoms with E-state index in [-0.39, 0.29) is 15.8 Å². The zero-order valence-electron chi connectivity index (χ0n) is 13.9. The van der Waals surface area contributed by atoms with Crippen molar-refractivity contribution in [1.29, 1.82) is 0 Å². The van der Waals surface area contributed by atoms with Gasteiger partial charge in [0.2, 0.25) is 20.0 Å². The van der Waals surface area contributed by atoms with Crippen molar-refractivity contribution in [3.05, 3.63) is 24.3 Å². The molecule has 25 heavy (non-hydrogen) atoms. The zero-order valence-corrected chi connectivity index (χ0v) is 15.5. The highest BCUT2D eigenvalue weighted by atomic mass is 32.2. The number of rotatable bonds is 5. The largest absolute Gasteiger partial charge is 0.481 e. The molecule has 2 bridgehead atoms. The maximum absolute atomic E-state index is 12.9. The first-order valence-corrected chi connectivity index (χ1v) is 10.7. The van der Waals surface area contributed by atoms with Crippen LogP contribution in [0, 0.1) is 5.92 Å². The molecule has 2 saturated heterocycles. The summed E-state index contributed by atoms with van der Waals surface area (Å²) in [6.07, 6.45) is 1.51. The lowest BCUT2D eigenvalue weighted by atomic mass is 9.89. The van der Waals surface area contributed by atoms with Gasteiger partial charge in [0.1, 0.15) is 0 Å². The van der Waals surface area contributed by atoms with Gasteiger partial charge < -0.3 is 5.11 Å². The highest BCUT2D eigenvalue weighted by Crippen LogP contribution is 2.45. The molecule has 2 aliphatic heterocycles. The Morgan fingerprint density at radius 3 is 2.12 bits per heavy atom. The molecular formula is C15H20N2O6S2. The standard InChI is InChI=1S/C15H20N2O6S2/c1-16(2)24(20,21)11-4-6-12(7-5-11)25(22,23)17-10-3-8-14(17)13(9-10)15(18)19/h4-7,10,13-14H,3,8-9H2,1-2H3,(H,18,19). The van der Waals surface area contributed by atoms with Crippen molar-refractivity contribution in [2.24, 2.45) is 5.92 Å². The van der Waals surface area contributed by atoms with E-state index in [9.17, 15) is 26.7 Å². The summed E-state index contributed by atoms with van der Waals surface area (Å²) in [5.41, 5.74) is 0. The molecule has 8 nitrogen and oxygen atoms in total. The van der Waals surface area contributed by atoms with Crippen LogP contribution < -0.4 is 0 Å². The fraction of sp³-hybridized carbons (Fsp3) is 0.533. The minimum absolute atomic E-state index is 0.00394. The third-order valence-corrected chi connectivity index (χ3v) is 8.79. The molecule has 1 aromatic rings. The third kappa shape index (κ3) is 2.86.